The summed E-state index contributed by atoms with van der Waals surface area (Å²) in [6.45, 7) is 0.273. The number of nitrogens with one attached hydrogen (secondary N) is 2. The Balaban J connectivity index is 2.89. The van der Waals surface area contributed by atoms with Gasteiger partial charge < -0.3 is 20.5 Å². The van der Waals surface area contributed by atoms with Crippen molar-refractivity contribution in [3.8, 4) is 0 Å². The Morgan fingerprint density at radius 2 is 2.06 bits per heavy atom. The minimum absolute atomic E-state index is 0.0800. The molecule has 0 aliphatic heterocycles. The average Bonchev–Trinajstić information content (AvgIpc) is 2.31. The van der Waals surface area contributed by atoms with Crippen LogP contribution in [0.3, 0.4) is 0 Å². The summed E-state index contributed by atoms with van der Waals surface area (Å²) in [5.74, 6) is 0.976. The van der Waals surface area contributed by atoms with E-state index in [0.717, 1.165) is 0 Å². The van der Waals surface area contributed by atoms with Gasteiger partial charge in [0.1, 0.15) is 11.6 Å². The zero-order chi connectivity index (χ0) is 12.8. The Bertz CT molecular complexity index is 377. The maximum absolute atomic E-state index is 9.14. The lowest BCUT2D eigenvalue weighted by molar-refractivity contribution is 0.153. The van der Waals surface area contributed by atoms with E-state index in [1.807, 2.05) is 0 Å². The van der Waals surface area contributed by atoms with E-state index in [4.69, 9.17) is 33.0 Å². The van der Waals surface area contributed by atoms with Gasteiger partial charge >= 0.3 is 0 Å². The van der Waals surface area contributed by atoms with E-state index in [0.29, 0.717) is 28.3 Å². The lowest BCUT2D eigenvalue weighted by Gasteiger charge is -2.17. The molecule has 1 rings (SSSR count). The molecule has 1 aromatic rings. The minimum atomic E-state index is -0.268. The van der Waals surface area contributed by atoms with Gasteiger partial charge in [0.2, 0.25) is 0 Å². The van der Waals surface area contributed by atoms with Crippen molar-refractivity contribution in [2.24, 2.45) is 0 Å². The van der Waals surface area contributed by atoms with Crippen molar-refractivity contribution in [2.75, 3.05) is 38.0 Å². The first-order chi connectivity index (χ1) is 8.12. The third kappa shape index (κ3) is 3.89. The monoisotopic (exact) mass is 279 g/mol. The van der Waals surface area contributed by atoms with Crippen molar-refractivity contribution in [2.45, 2.75) is 6.04 Å². The van der Waals surface area contributed by atoms with E-state index < -0.39 is 0 Å². The molecule has 0 saturated carbocycles. The minimum Gasteiger partial charge on any atom is -0.394 e. The van der Waals surface area contributed by atoms with Gasteiger partial charge in [0, 0.05) is 14.2 Å². The second-order valence-corrected chi connectivity index (χ2v) is 4.19. The molecular weight excluding hydrogens is 265 g/mol. The van der Waals surface area contributed by atoms with Crippen LogP contribution in [0, 0.1) is 0 Å². The Labute approximate surface area is 110 Å². The van der Waals surface area contributed by atoms with Crippen LogP contribution in [0.25, 0.3) is 0 Å². The largest absolute Gasteiger partial charge is 0.394 e. The van der Waals surface area contributed by atoms with Crippen molar-refractivity contribution in [3.63, 3.8) is 0 Å². The summed E-state index contributed by atoms with van der Waals surface area (Å²) >= 11 is 11.9. The van der Waals surface area contributed by atoms with Crippen molar-refractivity contribution in [1.82, 2.24) is 4.98 Å². The summed E-state index contributed by atoms with van der Waals surface area (Å²) in [4.78, 5) is 4.21. The Morgan fingerprint density at radius 1 is 1.41 bits per heavy atom. The summed E-state index contributed by atoms with van der Waals surface area (Å²) in [7, 11) is 3.27. The number of rotatable bonds is 6. The number of pyridine rings is 1. The van der Waals surface area contributed by atoms with Crippen LogP contribution in [0.15, 0.2) is 6.07 Å². The molecule has 0 bridgehead atoms. The smallest absolute Gasteiger partial charge is 0.147 e. The van der Waals surface area contributed by atoms with Crippen molar-refractivity contribution >= 4 is 34.8 Å². The highest BCUT2D eigenvalue weighted by molar-refractivity contribution is 6.37. The predicted molar refractivity (Wildman–Crippen MR) is 70.2 cm³/mol. The van der Waals surface area contributed by atoms with Crippen molar-refractivity contribution in [3.05, 3.63) is 16.1 Å². The first-order valence-electron chi connectivity index (χ1n) is 5.02. The van der Waals surface area contributed by atoms with Gasteiger partial charge in [0.15, 0.2) is 0 Å². The fourth-order valence-corrected chi connectivity index (χ4v) is 1.79. The summed E-state index contributed by atoms with van der Waals surface area (Å²) in [5.41, 5.74) is 0. The zero-order valence-corrected chi connectivity index (χ0v) is 11.1. The number of hydrogen-bond acceptors (Lipinski definition) is 5. The van der Waals surface area contributed by atoms with Gasteiger partial charge in [0.05, 0.1) is 29.3 Å². The van der Waals surface area contributed by atoms with Crippen LogP contribution < -0.4 is 10.6 Å². The highest BCUT2D eigenvalue weighted by Crippen LogP contribution is 2.29. The molecule has 17 heavy (non-hydrogen) atoms. The summed E-state index contributed by atoms with van der Waals surface area (Å²) < 4.78 is 4.95. The Morgan fingerprint density at radius 3 is 2.59 bits per heavy atom. The molecule has 96 valence electrons. The van der Waals surface area contributed by atoms with Gasteiger partial charge in [-0.1, -0.05) is 23.2 Å². The fourth-order valence-electron chi connectivity index (χ4n) is 1.28. The van der Waals surface area contributed by atoms with Gasteiger partial charge in [-0.25, -0.2) is 4.98 Å². The summed E-state index contributed by atoms with van der Waals surface area (Å²) in [6, 6.07) is 1.32. The van der Waals surface area contributed by atoms with E-state index in [2.05, 4.69) is 15.6 Å². The van der Waals surface area contributed by atoms with Gasteiger partial charge in [-0.2, -0.15) is 0 Å². The van der Waals surface area contributed by atoms with Gasteiger partial charge in [-0.3, -0.25) is 0 Å². The fraction of sp³-hybridized carbons (Fsp3) is 0.500. The van der Waals surface area contributed by atoms with Crippen LogP contribution in [0.4, 0.5) is 11.6 Å². The normalized spacial score (nSPS) is 12.3. The van der Waals surface area contributed by atoms with Crippen LogP contribution in [0.2, 0.25) is 10.0 Å². The Hall–Kier alpha value is -0.750. The number of anilines is 2. The first-order valence-corrected chi connectivity index (χ1v) is 5.78. The van der Waals surface area contributed by atoms with Gasteiger partial charge in [-0.05, 0) is 6.07 Å². The number of nitrogens with zero attached hydrogens (tertiary/aromatic N) is 1. The molecule has 5 nitrogen and oxygen atoms in total. The molecular formula is C10H15Cl2N3O2. The number of aliphatic hydroxyl groups is 1. The molecule has 1 aromatic heterocycles. The maximum atomic E-state index is 9.14. The Kier molecular flexibility index (Phi) is 5.77. The molecule has 0 saturated heterocycles. The molecule has 1 unspecified atom stereocenters. The summed E-state index contributed by atoms with van der Waals surface area (Å²) in [6.07, 6.45) is 0. The maximum Gasteiger partial charge on any atom is 0.147 e. The van der Waals surface area contributed by atoms with Crippen LogP contribution in [0.1, 0.15) is 0 Å². The molecule has 1 heterocycles. The quantitative estimate of drug-likeness (QED) is 0.742. The topological polar surface area (TPSA) is 66.4 Å². The molecule has 0 aromatic carbocycles. The van der Waals surface area contributed by atoms with Gasteiger partial charge in [-0.15, -0.1) is 0 Å². The van der Waals surface area contributed by atoms with Crippen LogP contribution in [0.5, 0.6) is 0 Å². The molecule has 1 atom stereocenters. The molecule has 0 amide bonds. The van der Waals surface area contributed by atoms with Crippen molar-refractivity contribution < 1.29 is 9.84 Å². The molecule has 0 fully saturated rings. The highest BCUT2D eigenvalue weighted by atomic mass is 35.5. The number of aliphatic hydroxyl groups excluding tert-OH is 1. The average molecular weight is 280 g/mol. The molecule has 0 spiro atoms. The first kappa shape index (κ1) is 14.3. The second-order valence-electron chi connectivity index (χ2n) is 3.38. The number of ether oxygens (including phenoxy) is 1. The standard InChI is InChI=1S/C10H15Cl2N3O2/c1-13-9-7(11)3-8(12)10(15-9)14-6(4-16)5-17-2/h3,6,16H,4-5H2,1-2H3,(H2,13,14,15). The SMILES string of the molecule is CNc1nc(NC(CO)COC)c(Cl)cc1Cl. The van der Waals surface area contributed by atoms with E-state index in [1.54, 1.807) is 20.2 Å². The van der Waals surface area contributed by atoms with Crippen LogP contribution in [-0.2, 0) is 4.74 Å². The number of aromatic nitrogens is 1. The second kappa shape index (κ2) is 6.86. The number of hydrogen-bond donors (Lipinski definition) is 3. The third-order valence-corrected chi connectivity index (χ3v) is 2.67. The zero-order valence-electron chi connectivity index (χ0n) is 9.63. The van der Waals surface area contributed by atoms with E-state index in [1.165, 1.54) is 0 Å². The highest BCUT2D eigenvalue weighted by Gasteiger charge is 2.13. The van der Waals surface area contributed by atoms with Gasteiger partial charge in [0.25, 0.3) is 0 Å². The lowest BCUT2D eigenvalue weighted by Crippen LogP contribution is -2.29. The van der Waals surface area contributed by atoms with E-state index in [-0.39, 0.29) is 12.6 Å². The molecule has 7 heteroatoms. The molecule has 0 aliphatic rings. The predicted octanol–water partition coefficient (Wildman–Crippen LogP) is 1.85. The van der Waals surface area contributed by atoms with Crippen molar-refractivity contribution in [1.29, 1.82) is 0 Å². The molecule has 3 N–H and O–H groups in total. The number of methoxy groups -OCH3 is 1. The third-order valence-electron chi connectivity index (χ3n) is 2.10. The van der Waals surface area contributed by atoms with Crippen LogP contribution in [-0.4, -0.2) is 43.5 Å². The van der Waals surface area contributed by atoms with E-state index >= 15 is 0 Å². The molecule has 0 radical (unpaired) electrons. The summed E-state index contributed by atoms with van der Waals surface area (Å²) in [5, 5.41) is 15.8. The number of halogens is 2. The lowest BCUT2D eigenvalue weighted by atomic mass is 10.3. The molecule has 0 aliphatic carbocycles. The van der Waals surface area contributed by atoms with Crippen LogP contribution >= 0.6 is 23.2 Å². The van der Waals surface area contributed by atoms with E-state index in [9.17, 15) is 0 Å².